The van der Waals surface area contributed by atoms with Crippen LogP contribution in [0.2, 0.25) is 0 Å². The first kappa shape index (κ1) is 18.4. The van der Waals surface area contributed by atoms with E-state index in [1.54, 1.807) is 6.92 Å². The maximum atomic E-state index is 13.0. The van der Waals surface area contributed by atoms with Crippen LogP contribution in [0.4, 0.5) is 0 Å². The molecule has 0 aromatic rings. The lowest BCUT2D eigenvalue weighted by atomic mass is 9.46. The van der Waals surface area contributed by atoms with Crippen LogP contribution in [0.3, 0.4) is 0 Å². The number of aliphatic hydroxyl groups excluding tert-OH is 3. The van der Waals surface area contributed by atoms with Gasteiger partial charge in [-0.15, -0.1) is 0 Å². The average molecular weight is 376 g/mol. The second-order valence-corrected chi connectivity index (χ2v) is 9.39. The van der Waals surface area contributed by atoms with Crippen LogP contribution in [-0.2, 0) is 9.59 Å². The van der Waals surface area contributed by atoms with Crippen LogP contribution in [-0.4, -0.2) is 32.2 Å². The number of carbonyl (C=O) groups excluding carboxylic acids is 1. The van der Waals surface area contributed by atoms with Gasteiger partial charge in [0.2, 0.25) is 17.3 Å². The molecule has 0 aromatic carbocycles. The number of hydrogen-bond donors (Lipinski definition) is 4. The predicted octanol–water partition coefficient (Wildman–Crippen LogP) is 4.04. The molecule has 4 N–H and O–H groups in total. The number of aliphatic carboxylic acids is 1. The highest BCUT2D eigenvalue weighted by atomic mass is 16.4. The largest absolute Gasteiger partial charge is 0.504 e. The molecule has 4 aliphatic carbocycles. The van der Waals surface area contributed by atoms with Crippen LogP contribution in [0, 0.1) is 34.5 Å². The number of carboxylic acids is 1. The Bertz CT molecular complexity index is 780. The minimum Gasteiger partial charge on any atom is -0.504 e. The summed E-state index contributed by atoms with van der Waals surface area (Å²) in [7, 11) is 0. The van der Waals surface area contributed by atoms with Crippen molar-refractivity contribution in [1.82, 2.24) is 0 Å². The molecule has 0 spiro atoms. The summed E-state index contributed by atoms with van der Waals surface area (Å²) >= 11 is 0. The van der Waals surface area contributed by atoms with Gasteiger partial charge in [0, 0.05) is 6.42 Å². The molecular weight excluding hydrogens is 348 g/mol. The van der Waals surface area contributed by atoms with E-state index in [-0.39, 0.29) is 35.3 Å². The summed E-state index contributed by atoms with van der Waals surface area (Å²) < 4.78 is 0. The highest BCUT2D eigenvalue weighted by Crippen LogP contribution is 2.67. The number of ketones is 1. The Labute approximate surface area is 158 Å². The summed E-state index contributed by atoms with van der Waals surface area (Å²) in [5.74, 6) is -2.23. The summed E-state index contributed by atoms with van der Waals surface area (Å²) in [4.78, 5) is 24.3. The molecule has 3 fully saturated rings. The minimum atomic E-state index is -0.991. The monoisotopic (exact) mass is 376 g/mol. The summed E-state index contributed by atoms with van der Waals surface area (Å²) in [6.07, 6.45) is 5.03. The smallest absolute Gasteiger partial charge is 0.303 e. The van der Waals surface area contributed by atoms with Crippen LogP contribution in [0.1, 0.15) is 58.8 Å². The number of Topliss-reactive ketones (excluding diaryl/α,β-unsaturated/α-hetero) is 1. The normalized spacial score (nSPS) is 44.0. The van der Waals surface area contributed by atoms with Crippen molar-refractivity contribution in [2.24, 2.45) is 34.5 Å². The highest BCUT2D eigenvalue weighted by Gasteiger charge is 2.62. The molecule has 0 unspecified atom stereocenters. The fraction of sp³-hybridized carbons (Fsp3) is 0.714. The zero-order valence-electron chi connectivity index (χ0n) is 15.9. The molecule has 4 rings (SSSR count). The Morgan fingerprint density at radius 2 is 1.70 bits per heavy atom. The second kappa shape index (κ2) is 5.76. The van der Waals surface area contributed by atoms with Crippen LogP contribution in [0.25, 0.3) is 0 Å². The van der Waals surface area contributed by atoms with E-state index in [4.69, 9.17) is 0 Å². The van der Waals surface area contributed by atoms with Gasteiger partial charge in [0.1, 0.15) is 0 Å². The summed E-state index contributed by atoms with van der Waals surface area (Å²) in [5, 5.41) is 39.7. The van der Waals surface area contributed by atoms with Gasteiger partial charge in [0.05, 0.1) is 5.41 Å². The Kier molecular flexibility index (Phi) is 3.92. The van der Waals surface area contributed by atoms with E-state index in [1.165, 1.54) is 0 Å². The Morgan fingerprint density at radius 1 is 1.00 bits per heavy atom. The van der Waals surface area contributed by atoms with Crippen molar-refractivity contribution in [2.75, 3.05) is 0 Å². The number of fused-ring (bicyclic) bond motifs is 5. The van der Waals surface area contributed by atoms with Crippen molar-refractivity contribution in [3.63, 3.8) is 0 Å². The van der Waals surface area contributed by atoms with Gasteiger partial charge < -0.3 is 20.4 Å². The highest BCUT2D eigenvalue weighted by molar-refractivity contribution is 6.02. The van der Waals surface area contributed by atoms with Gasteiger partial charge in [-0.05, 0) is 80.1 Å². The van der Waals surface area contributed by atoms with Crippen molar-refractivity contribution in [3.8, 4) is 0 Å². The van der Waals surface area contributed by atoms with Crippen molar-refractivity contribution in [1.29, 1.82) is 0 Å². The van der Waals surface area contributed by atoms with Crippen molar-refractivity contribution < 1.29 is 30.0 Å². The molecular formula is C21H28O6. The van der Waals surface area contributed by atoms with Crippen LogP contribution >= 0.6 is 0 Å². The first-order valence-corrected chi connectivity index (χ1v) is 9.94. The van der Waals surface area contributed by atoms with Gasteiger partial charge >= 0.3 is 5.97 Å². The van der Waals surface area contributed by atoms with E-state index < -0.39 is 28.7 Å². The van der Waals surface area contributed by atoms with Crippen LogP contribution < -0.4 is 0 Å². The van der Waals surface area contributed by atoms with Crippen LogP contribution in [0.15, 0.2) is 22.9 Å². The Hall–Kier alpha value is -1.98. The van der Waals surface area contributed by atoms with Gasteiger partial charge in [-0.1, -0.05) is 6.92 Å². The molecule has 0 heterocycles. The molecule has 0 amide bonds. The summed E-state index contributed by atoms with van der Waals surface area (Å²) in [6, 6.07) is 0. The summed E-state index contributed by atoms with van der Waals surface area (Å²) in [5.41, 5.74) is -0.473. The maximum Gasteiger partial charge on any atom is 0.303 e. The Balaban J connectivity index is 1.71. The Morgan fingerprint density at radius 3 is 2.37 bits per heavy atom. The molecule has 0 radical (unpaired) electrons. The first-order valence-electron chi connectivity index (χ1n) is 9.94. The number of allylic oxidation sites excluding steroid dienone is 2. The van der Waals surface area contributed by atoms with Crippen molar-refractivity contribution in [3.05, 3.63) is 22.9 Å². The number of hydrogen-bond acceptors (Lipinski definition) is 5. The van der Waals surface area contributed by atoms with E-state index in [9.17, 15) is 30.0 Å². The van der Waals surface area contributed by atoms with E-state index in [2.05, 4.69) is 6.92 Å². The van der Waals surface area contributed by atoms with Crippen molar-refractivity contribution in [2.45, 2.75) is 58.8 Å². The molecule has 0 bridgehead atoms. The second-order valence-electron chi connectivity index (χ2n) is 9.39. The lowest BCUT2D eigenvalue weighted by molar-refractivity contribution is -0.141. The van der Waals surface area contributed by atoms with Gasteiger partial charge in [-0.25, -0.2) is 0 Å². The number of rotatable bonds is 2. The zero-order chi connectivity index (χ0) is 19.7. The summed E-state index contributed by atoms with van der Waals surface area (Å²) in [6.45, 7) is 4.01. The standard InChI is InChI=1S/C21H28O6/c1-20-8-7-13-11(12(20)5-3-10(20)9-15(22)23)4-6-14-16(24)17(25)18(26)19(27)21(13,14)2/h10-13,24-26H,3-9H2,1-2H3,(H,22,23)/t10-,11+,12+,13+,20-,21-/m1/s1. The van der Waals surface area contributed by atoms with E-state index in [0.717, 1.165) is 32.1 Å². The number of carbonyl (C=O) groups is 2. The molecule has 6 atom stereocenters. The molecule has 6 heteroatoms. The molecule has 0 aromatic heterocycles. The first-order chi connectivity index (χ1) is 12.6. The fourth-order valence-electron chi connectivity index (χ4n) is 7.13. The third kappa shape index (κ3) is 2.25. The molecule has 6 nitrogen and oxygen atoms in total. The average Bonchev–Trinajstić information content (AvgIpc) is 2.94. The third-order valence-corrected chi connectivity index (χ3v) is 8.57. The molecule has 0 saturated heterocycles. The van der Waals surface area contributed by atoms with Crippen LogP contribution in [0.5, 0.6) is 0 Å². The number of carboxylic acid groups (broad SMARTS) is 1. The van der Waals surface area contributed by atoms with Crippen molar-refractivity contribution >= 4 is 11.8 Å². The predicted molar refractivity (Wildman–Crippen MR) is 97.1 cm³/mol. The van der Waals surface area contributed by atoms with E-state index in [0.29, 0.717) is 17.9 Å². The zero-order valence-corrected chi connectivity index (χ0v) is 15.9. The molecule has 27 heavy (non-hydrogen) atoms. The van der Waals surface area contributed by atoms with E-state index in [1.807, 2.05) is 0 Å². The molecule has 3 saturated carbocycles. The lowest BCUT2D eigenvalue weighted by Crippen LogP contribution is -2.54. The molecule has 4 aliphatic rings. The van der Waals surface area contributed by atoms with Gasteiger partial charge in [-0.2, -0.15) is 0 Å². The van der Waals surface area contributed by atoms with Gasteiger partial charge in [0.25, 0.3) is 0 Å². The minimum absolute atomic E-state index is 0.00666. The molecule has 0 aliphatic heterocycles. The van der Waals surface area contributed by atoms with Gasteiger partial charge in [0.15, 0.2) is 5.76 Å². The topological polar surface area (TPSA) is 115 Å². The quantitative estimate of drug-likeness (QED) is 0.578. The number of aliphatic hydroxyl groups is 3. The third-order valence-electron chi connectivity index (χ3n) is 8.57. The maximum absolute atomic E-state index is 13.0. The lowest BCUT2D eigenvalue weighted by Gasteiger charge is -2.57. The SMILES string of the molecule is C[C@]12C(=O)C(O)=C(O)C(O)=C1CC[C@@H]1[C@@H]2CC[C@]2(C)[C@@H](CC(=O)O)CC[C@@H]12. The van der Waals surface area contributed by atoms with Gasteiger partial charge in [-0.3, -0.25) is 9.59 Å². The van der Waals surface area contributed by atoms with E-state index >= 15 is 0 Å². The fourth-order valence-corrected chi connectivity index (χ4v) is 7.13. The molecule has 148 valence electrons.